The van der Waals surface area contributed by atoms with Gasteiger partial charge in [0, 0.05) is 29.6 Å². The SMILES string of the molecule is Cc1ccc(S(=O)(=O)N(CC(=O)N(Cc2ccccc2Cl)[C@H](Cc2ccccc2)C(=O)NCC(C)C)c2ccc(Cl)cc2)cc1. The molecule has 7 nitrogen and oxygen atoms in total. The van der Waals surface area contributed by atoms with Gasteiger partial charge in [0.2, 0.25) is 11.8 Å². The van der Waals surface area contributed by atoms with E-state index in [-0.39, 0.29) is 35.4 Å². The lowest BCUT2D eigenvalue weighted by Gasteiger charge is -2.34. The van der Waals surface area contributed by atoms with Crippen LogP contribution in [0.25, 0.3) is 0 Å². The second-order valence-electron chi connectivity index (χ2n) is 11.3. The standard InChI is InChI=1S/C35H37Cl2N3O4S/c1-25(2)22-38-35(42)33(21-27-9-5-4-6-10-27)39(23-28-11-7-8-12-32(28)37)34(41)24-40(30-17-15-29(36)16-18-30)45(43,44)31-19-13-26(3)14-20-31/h4-20,25,33H,21-24H2,1-3H3,(H,38,42)/t33-/m1/s1. The number of anilines is 1. The molecule has 4 aromatic carbocycles. The summed E-state index contributed by atoms with van der Waals surface area (Å²) in [7, 11) is -4.20. The van der Waals surface area contributed by atoms with E-state index in [9.17, 15) is 18.0 Å². The zero-order valence-corrected chi connectivity index (χ0v) is 27.8. The Hall–Kier alpha value is -3.85. The summed E-state index contributed by atoms with van der Waals surface area (Å²) in [5.41, 5.74) is 2.63. The molecule has 2 amide bonds. The van der Waals surface area contributed by atoms with Crippen LogP contribution in [-0.2, 0) is 32.6 Å². The molecule has 0 aliphatic carbocycles. The second kappa shape index (κ2) is 15.4. The first-order valence-electron chi connectivity index (χ1n) is 14.6. The highest BCUT2D eigenvalue weighted by molar-refractivity contribution is 7.92. The van der Waals surface area contributed by atoms with E-state index in [2.05, 4.69) is 5.32 Å². The molecule has 1 N–H and O–H groups in total. The van der Waals surface area contributed by atoms with Gasteiger partial charge in [0.1, 0.15) is 12.6 Å². The van der Waals surface area contributed by atoms with Crippen LogP contribution >= 0.6 is 23.2 Å². The maximum absolute atomic E-state index is 14.5. The zero-order valence-electron chi connectivity index (χ0n) is 25.5. The number of carbonyl (C=O) groups excluding carboxylic acids is 2. The first kappa shape index (κ1) is 34.0. The molecule has 0 saturated heterocycles. The average Bonchev–Trinajstić information content (AvgIpc) is 3.02. The van der Waals surface area contributed by atoms with E-state index in [1.165, 1.54) is 17.0 Å². The third-order valence-electron chi connectivity index (χ3n) is 7.26. The minimum atomic E-state index is -4.20. The summed E-state index contributed by atoms with van der Waals surface area (Å²) in [6.45, 7) is 5.67. The molecule has 0 bridgehead atoms. The minimum Gasteiger partial charge on any atom is -0.354 e. The molecule has 4 aromatic rings. The number of sulfonamides is 1. The summed E-state index contributed by atoms with van der Waals surface area (Å²) < 4.78 is 29.2. The Bertz CT molecular complexity index is 1700. The van der Waals surface area contributed by atoms with E-state index >= 15 is 0 Å². The van der Waals surface area contributed by atoms with E-state index < -0.39 is 28.5 Å². The Morgan fingerprint density at radius 2 is 1.44 bits per heavy atom. The van der Waals surface area contributed by atoms with E-state index in [1.807, 2.05) is 51.1 Å². The van der Waals surface area contributed by atoms with Crippen molar-refractivity contribution >= 4 is 50.7 Å². The van der Waals surface area contributed by atoms with Crippen LogP contribution in [0.2, 0.25) is 10.0 Å². The summed E-state index contributed by atoms with van der Waals surface area (Å²) >= 11 is 12.7. The van der Waals surface area contributed by atoms with E-state index in [4.69, 9.17) is 23.2 Å². The molecule has 0 spiro atoms. The monoisotopic (exact) mass is 665 g/mol. The van der Waals surface area contributed by atoms with Crippen molar-refractivity contribution in [3.05, 3.63) is 130 Å². The Balaban J connectivity index is 1.80. The van der Waals surface area contributed by atoms with Crippen LogP contribution in [-0.4, -0.2) is 44.3 Å². The molecule has 10 heteroatoms. The molecular weight excluding hydrogens is 629 g/mol. The van der Waals surface area contributed by atoms with Crippen LogP contribution in [0.1, 0.15) is 30.5 Å². The zero-order chi connectivity index (χ0) is 32.6. The molecule has 1 atom stereocenters. The molecule has 0 fully saturated rings. The van der Waals surface area contributed by atoms with Gasteiger partial charge >= 0.3 is 0 Å². The number of nitrogens with zero attached hydrogens (tertiary/aromatic N) is 2. The number of nitrogens with one attached hydrogen (secondary N) is 1. The molecule has 0 aliphatic heterocycles. The number of aryl methyl sites for hydroxylation is 1. The summed E-state index contributed by atoms with van der Waals surface area (Å²) in [5.74, 6) is -0.729. The topological polar surface area (TPSA) is 86.8 Å². The summed E-state index contributed by atoms with van der Waals surface area (Å²) in [5, 5.41) is 3.83. The highest BCUT2D eigenvalue weighted by Gasteiger charge is 2.35. The normalized spacial score (nSPS) is 12.0. The predicted octanol–water partition coefficient (Wildman–Crippen LogP) is 6.91. The lowest BCUT2D eigenvalue weighted by atomic mass is 10.0. The molecule has 0 unspecified atom stereocenters. The van der Waals surface area contributed by atoms with Gasteiger partial charge in [0.25, 0.3) is 10.0 Å². The molecule has 0 radical (unpaired) electrons. The van der Waals surface area contributed by atoms with Gasteiger partial charge in [-0.2, -0.15) is 0 Å². The quantitative estimate of drug-likeness (QED) is 0.168. The fraction of sp³-hybridized carbons (Fsp3) is 0.257. The number of benzene rings is 4. The van der Waals surface area contributed by atoms with Crippen LogP contribution in [0.3, 0.4) is 0 Å². The summed E-state index contributed by atoms with van der Waals surface area (Å²) in [6.07, 6.45) is 0.215. The Morgan fingerprint density at radius 1 is 0.822 bits per heavy atom. The molecular formula is C35H37Cl2N3O4S. The first-order valence-corrected chi connectivity index (χ1v) is 16.8. The van der Waals surface area contributed by atoms with Crippen LogP contribution in [0, 0.1) is 12.8 Å². The van der Waals surface area contributed by atoms with Gasteiger partial charge in [0.05, 0.1) is 10.6 Å². The van der Waals surface area contributed by atoms with Crippen molar-refractivity contribution in [1.29, 1.82) is 0 Å². The molecule has 45 heavy (non-hydrogen) atoms. The first-order chi connectivity index (χ1) is 21.5. The van der Waals surface area contributed by atoms with Gasteiger partial charge in [-0.25, -0.2) is 8.42 Å². The molecule has 4 rings (SSSR count). The van der Waals surface area contributed by atoms with Crippen LogP contribution < -0.4 is 9.62 Å². The lowest BCUT2D eigenvalue weighted by Crippen LogP contribution is -2.53. The second-order valence-corrected chi connectivity index (χ2v) is 14.0. The van der Waals surface area contributed by atoms with E-state index in [0.29, 0.717) is 22.2 Å². The van der Waals surface area contributed by atoms with Crippen molar-refractivity contribution in [2.24, 2.45) is 5.92 Å². The smallest absolute Gasteiger partial charge is 0.264 e. The predicted molar refractivity (Wildman–Crippen MR) is 181 cm³/mol. The van der Waals surface area contributed by atoms with Gasteiger partial charge in [-0.1, -0.05) is 103 Å². The van der Waals surface area contributed by atoms with Crippen LogP contribution in [0.4, 0.5) is 5.69 Å². The average molecular weight is 667 g/mol. The number of carbonyl (C=O) groups is 2. The van der Waals surface area contributed by atoms with Gasteiger partial charge in [-0.3, -0.25) is 13.9 Å². The van der Waals surface area contributed by atoms with E-state index in [0.717, 1.165) is 15.4 Å². The number of amides is 2. The van der Waals surface area contributed by atoms with Crippen molar-refractivity contribution in [3.8, 4) is 0 Å². The van der Waals surface area contributed by atoms with Crippen molar-refractivity contribution in [1.82, 2.24) is 10.2 Å². The van der Waals surface area contributed by atoms with Gasteiger partial charge in [-0.05, 0) is 66.4 Å². The van der Waals surface area contributed by atoms with Crippen LogP contribution in [0.15, 0.2) is 108 Å². The number of rotatable bonds is 13. The third-order valence-corrected chi connectivity index (χ3v) is 9.67. The van der Waals surface area contributed by atoms with Gasteiger partial charge in [-0.15, -0.1) is 0 Å². The fourth-order valence-electron chi connectivity index (χ4n) is 4.76. The van der Waals surface area contributed by atoms with Crippen molar-refractivity contribution in [2.75, 3.05) is 17.4 Å². The van der Waals surface area contributed by atoms with Gasteiger partial charge in [0.15, 0.2) is 0 Å². The summed E-state index contributed by atoms with van der Waals surface area (Å²) in [6, 6.07) is 28.2. The number of halogens is 2. The maximum Gasteiger partial charge on any atom is 0.264 e. The number of hydrogen-bond acceptors (Lipinski definition) is 4. The largest absolute Gasteiger partial charge is 0.354 e. The number of hydrogen-bond donors (Lipinski definition) is 1. The highest BCUT2D eigenvalue weighted by Crippen LogP contribution is 2.27. The van der Waals surface area contributed by atoms with Crippen molar-refractivity contribution in [3.63, 3.8) is 0 Å². The van der Waals surface area contributed by atoms with Crippen molar-refractivity contribution < 1.29 is 18.0 Å². The molecule has 0 aromatic heterocycles. The Morgan fingerprint density at radius 3 is 2.07 bits per heavy atom. The molecule has 0 heterocycles. The van der Waals surface area contributed by atoms with E-state index in [1.54, 1.807) is 60.7 Å². The Kier molecular flexibility index (Phi) is 11.7. The Labute approximate surface area is 275 Å². The van der Waals surface area contributed by atoms with Gasteiger partial charge < -0.3 is 10.2 Å². The minimum absolute atomic E-state index is 0.00978. The third kappa shape index (κ3) is 9.10. The summed E-state index contributed by atoms with van der Waals surface area (Å²) in [4.78, 5) is 29.8. The maximum atomic E-state index is 14.5. The highest BCUT2D eigenvalue weighted by atomic mass is 35.5. The van der Waals surface area contributed by atoms with Crippen LogP contribution in [0.5, 0.6) is 0 Å². The molecule has 0 saturated carbocycles. The molecule has 236 valence electrons. The molecule has 0 aliphatic rings. The van der Waals surface area contributed by atoms with Crippen molar-refractivity contribution in [2.45, 2.75) is 44.7 Å². The fourth-order valence-corrected chi connectivity index (χ4v) is 6.50. The lowest BCUT2D eigenvalue weighted by molar-refractivity contribution is -0.140.